The lowest BCUT2D eigenvalue weighted by Crippen LogP contribution is -2.28. The van der Waals surface area contributed by atoms with Gasteiger partial charge in [0.1, 0.15) is 17.3 Å². The molecular weight excluding hydrogens is 500 g/mol. The summed E-state index contributed by atoms with van der Waals surface area (Å²) in [5, 5.41) is 0.591. The predicted molar refractivity (Wildman–Crippen MR) is 148 cm³/mol. The number of rotatable bonds is 7. The van der Waals surface area contributed by atoms with Crippen molar-refractivity contribution in [2.45, 2.75) is 6.54 Å². The molecule has 0 bridgehead atoms. The van der Waals surface area contributed by atoms with Gasteiger partial charge in [0.2, 0.25) is 0 Å². The van der Waals surface area contributed by atoms with E-state index in [0.717, 1.165) is 22.6 Å². The molecule has 8 heteroatoms. The molecule has 4 aromatic rings. The minimum absolute atomic E-state index is 0.152. The fraction of sp³-hybridized carbons (Fsp3) is 0.100. The van der Waals surface area contributed by atoms with Gasteiger partial charge in [-0.3, -0.25) is 9.69 Å². The van der Waals surface area contributed by atoms with Crippen molar-refractivity contribution >= 4 is 40.6 Å². The second kappa shape index (κ2) is 11.2. The minimum Gasteiger partial charge on any atom is -0.497 e. The number of methoxy groups -OCH3 is 2. The zero-order valence-electron chi connectivity index (χ0n) is 20.8. The smallest absolute Gasteiger partial charge is 0.337 e. The van der Waals surface area contributed by atoms with Gasteiger partial charge in [-0.1, -0.05) is 42.5 Å². The topological polar surface area (TPSA) is 81.3 Å². The summed E-state index contributed by atoms with van der Waals surface area (Å²) in [5.41, 5.74) is 2.98. The van der Waals surface area contributed by atoms with Crippen molar-refractivity contribution in [2.75, 3.05) is 14.2 Å². The van der Waals surface area contributed by atoms with Crippen molar-refractivity contribution in [3.8, 4) is 17.1 Å². The van der Waals surface area contributed by atoms with Crippen LogP contribution < -0.4 is 4.74 Å². The van der Waals surface area contributed by atoms with Crippen molar-refractivity contribution in [2.24, 2.45) is 4.99 Å². The van der Waals surface area contributed by atoms with Gasteiger partial charge in [0.25, 0.3) is 5.91 Å². The third-order valence-electron chi connectivity index (χ3n) is 5.86. The Morgan fingerprint density at radius 2 is 1.68 bits per heavy atom. The van der Waals surface area contributed by atoms with Gasteiger partial charge in [0.05, 0.1) is 36.9 Å². The maximum atomic E-state index is 13.5. The number of hydrogen-bond acceptors (Lipinski definition) is 7. The Kier molecular flexibility index (Phi) is 7.42. The van der Waals surface area contributed by atoms with Gasteiger partial charge < -0.3 is 13.9 Å². The SMILES string of the molecule is COC(=O)c1ccc(-c2ccc(/C=C3\SC(=Nc4ccccc4)N(Cc4ccc(OC)cc4)C3=O)o2)cc1. The maximum absolute atomic E-state index is 13.5. The number of carbonyl (C=O) groups is 2. The van der Waals surface area contributed by atoms with E-state index in [1.54, 1.807) is 42.4 Å². The summed E-state index contributed by atoms with van der Waals surface area (Å²) in [4.78, 5) is 32.1. The first-order chi connectivity index (χ1) is 18.5. The van der Waals surface area contributed by atoms with Crippen LogP contribution in [0.25, 0.3) is 17.4 Å². The number of nitrogens with zero attached hydrogens (tertiary/aromatic N) is 2. The average Bonchev–Trinajstić information content (AvgIpc) is 3.54. The molecule has 1 saturated heterocycles. The highest BCUT2D eigenvalue weighted by Gasteiger charge is 2.34. The Morgan fingerprint density at radius 1 is 0.947 bits per heavy atom. The standard InChI is InChI=1S/C30H24N2O5S/c1-35-24-14-8-20(9-15-24)19-32-28(33)27(38-30(32)31-23-6-4-3-5-7-23)18-25-16-17-26(37-25)21-10-12-22(13-11-21)29(34)36-2/h3-18H,19H2,1-2H3/b27-18-,31-30?. The molecule has 3 aromatic carbocycles. The highest BCUT2D eigenvalue weighted by molar-refractivity contribution is 8.18. The molecule has 0 atom stereocenters. The van der Waals surface area contributed by atoms with Gasteiger partial charge in [0, 0.05) is 11.6 Å². The van der Waals surface area contributed by atoms with Crippen molar-refractivity contribution < 1.29 is 23.5 Å². The molecular formula is C30H24N2O5S. The van der Waals surface area contributed by atoms with Gasteiger partial charge in [0.15, 0.2) is 5.17 Å². The van der Waals surface area contributed by atoms with Crippen LogP contribution in [-0.2, 0) is 16.1 Å². The Bertz CT molecular complexity index is 1510. The Hall–Kier alpha value is -4.56. The number of furan rings is 1. The van der Waals surface area contributed by atoms with Gasteiger partial charge in [-0.2, -0.15) is 0 Å². The van der Waals surface area contributed by atoms with Crippen LogP contribution in [0.3, 0.4) is 0 Å². The average molecular weight is 525 g/mol. The quantitative estimate of drug-likeness (QED) is 0.202. The number of ether oxygens (including phenoxy) is 2. The molecule has 0 unspecified atom stereocenters. The molecule has 0 N–H and O–H groups in total. The van der Waals surface area contributed by atoms with Gasteiger partial charge in [-0.05, 0) is 65.9 Å². The zero-order chi connectivity index (χ0) is 26.5. The number of amides is 1. The van der Waals surface area contributed by atoms with Crippen LogP contribution >= 0.6 is 11.8 Å². The second-order valence-corrected chi connectivity index (χ2v) is 9.36. The van der Waals surface area contributed by atoms with Crippen molar-refractivity contribution in [3.05, 3.63) is 113 Å². The summed E-state index contributed by atoms with van der Waals surface area (Å²) in [7, 11) is 2.97. The third kappa shape index (κ3) is 5.55. The summed E-state index contributed by atoms with van der Waals surface area (Å²) >= 11 is 1.31. The molecule has 5 rings (SSSR count). The number of esters is 1. The summed E-state index contributed by atoms with van der Waals surface area (Å²) in [5.74, 6) is 1.37. The van der Waals surface area contributed by atoms with Crippen LogP contribution in [0.15, 0.2) is 105 Å². The molecule has 190 valence electrons. The summed E-state index contributed by atoms with van der Waals surface area (Å²) in [6.45, 7) is 0.370. The van der Waals surface area contributed by atoms with E-state index in [1.807, 2.05) is 66.7 Å². The number of aliphatic imine (C=N–C) groups is 1. The lowest BCUT2D eigenvalue weighted by atomic mass is 10.1. The lowest BCUT2D eigenvalue weighted by molar-refractivity contribution is -0.122. The first-order valence-corrected chi connectivity index (χ1v) is 12.6. The normalized spacial score (nSPS) is 15.3. The Balaban J connectivity index is 1.41. The molecule has 1 aliphatic heterocycles. The number of hydrogen-bond donors (Lipinski definition) is 0. The van der Waals surface area contributed by atoms with Crippen LogP contribution in [0.5, 0.6) is 5.75 Å². The Morgan fingerprint density at radius 3 is 2.37 bits per heavy atom. The van der Waals surface area contributed by atoms with E-state index in [4.69, 9.17) is 18.9 Å². The highest BCUT2D eigenvalue weighted by Crippen LogP contribution is 2.36. The molecule has 1 amide bonds. The van der Waals surface area contributed by atoms with E-state index in [-0.39, 0.29) is 5.91 Å². The predicted octanol–water partition coefficient (Wildman–Crippen LogP) is 6.55. The van der Waals surface area contributed by atoms with Gasteiger partial charge >= 0.3 is 5.97 Å². The number of carbonyl (C=O) groups excluding carboxylic acids is 2. The molecule has 0 spiro atoms. The number of para-hydroxylation sites is 1. The van der Waals surface area contributed by atoms with E-state index >= 15 is 0 Å². The zero-order valence-corrected chi connectivity index (χ0v) is 21.6. The van der Waals surface area contributed by atoms with Crippen LogP contribution in [0.4, 0.5) is 5.69 Å². The van der Waals surface area contributed by atoms with Gasteiger partial charge in [-0.25, -0.2) is 9.79 Å². The summed E-state index contributed by atoms with van der Waals surface area (Å²) < 4.78 is 16.0. The lowest BCUT2D eigenvalue weighted by Gasteiger charge is -2.16. The first-order valence-electron chi connectivity index (χ1n) is 11.8. The second-order valence-electron chi connectivity index (χ2n) is 8.35. The van der Waals surface area contributed by atoms with E-state index in [9.17, 15) is 9.59 Å². The monoisotopic (exact) mass is 524 g/mol. The van der Waals surface area contributed by atoms with Crippen LogP contribution in [0, 0.1) is 0 Å². The van der Waals surface area contributed by atoms with Crippen molar-refractivity contribution in [1.29, 1.82) is 0 Å². The van der Waals surface area contributed by atoms with Crippen LogP contribution in [0.1, 0.15) is 21.7 Å². The summed E-state index contributed by atoms with van der Waals surface area (Å²) in [6.07, 6.45) is 1.73. The molecule has 1 aromatic heterocycles. The van der Waals surface area contributed by atoms with Gasteiger partial charge in [-0.15, -0.1) is 0 Å². The molecule has 38 heavy (non-hydrogen) atoms. The van der Waals surface area contributed by atoms with E-state index in [1.165, 1.54) is 18.9 Å². The number of thioether (sulfide) groups is 1. The van der Waals surface area contributed by atoms with Crippen molar-refractivity contribution in [3.63, 3.8) is 0 Å². The highest BCUT2D eigenvalue weighted by atomic mass is 32.2. The summed E-state index contributed by atoms with van der Waals surface area (Å²) in [6, 6.07) is 27.7. The molecule has 7 nitrogen and oxygen atoms in total. The maximum Gasteiger partial charge on any atom is 0.337 e. The minimum atomic E-state index is -0.398. The largest absolute Gasteiger partial charge is 0.497 e. The van der Waals surface area contributed by atoms with E-state index < -0.39 is 5.97 Å². The molecule has 1 aliphatic rings. The molecule has 0 aliphatic carbocycles. The number of benzene rings is 3. The van der Waals surface area contributed by atoms with Crippen LogP contribution in [0.2, 0.25) is 0 Å². The molecule has 0 saturated carbocycles. The number of amidine groups is 1. The molecule has 0 radical (unpaired) electrons. The fourth-order valence-electron chi connectivity index (χ4n) is 3.86. The van der Waals surface area contributed by atoms with Crippen LogP contribution in [-0.4, -0.2) is 36.2 Å². The fourth-order valence-corrected chi connectivity index (χ4v) is 4.84. The first kappa shape index (κ1) is 25.1. The molecule has 2 heterocycles. The molecule has 1 fully saturated rings. The Labute approximate surface area is 224 Å². The van der Waals surface area contributed by atoms with Crippen molar-refractivity contribution in [1.82, 2.24) is 4.90 Å². The van der Waals surface area contributed by atoms with E-state index in [0.29, 0.717) is 33.7 Å². The third-order valence-corrected chi connectivity index (χ3v) is 6.87. The van der Waals surface area contributed by atoms with E-state index in [2.05, 4.69) is 0 Å².